The van der Waals surface area contributed by atoms with Crippen LogP contribution >= 0.6 is 11.3 Å². The summed E-state index contributed by atoms with van der Waals surface area (Å²) >= 11 is 1.61. The van der Waals surface area contributed by atoms with Crippen molar-refractivity contribution in [1.29, 1.82) is 0 Å². The van der Waals surface area contributed by atoms with Crippen molar-refractivity contribution in [2.75, 3.05) is 31.2 Å². The number of hydrogen-bond acceptors (Lipinski definition) is 5. The van der Waals surface area contributed by atoms with Gasteiger partial charge >= 0.3 is 0 Å². The molecule has 5 heteroatoms. The summed E-state index contributed by atoms with van der Waals surface area (Å²) in [6.45, 7) is 4.91. The lowest BCUT2D eigenvalue weighted by Crippen LogP contribution is -2.36. The molecular weight excluding hydrogens is 212 g/mol. The minimum absolute atomic E-state index is 0.161. The maximum absolute atomic E-state index is 10.9. The number of hydrogen-bond donors (Lipinski definition) is 0. The van der Waals surface area contributed by atoms with Crippen molar-refractivity contribution < 1.29 is 9.53 Å². The largest absolute Gasteiger partial charge is 0.378 e. The van der Waals surface area contributed by atoms with Gasteiger partial charge in [0.25, 0.3) is 0 Å². The van der Waals surface area contributed by atoms with E-state index >= 15 is 0 Å². The number of Topliss-reactive ketones (excluding diaryl/α,β-unsaturated/α-hetero) is 1. The summed E-state index contributed by atoms with van der Waals surface area (Å²) in [5, 5.41) is 2.97. The van der Waals surface area contributed by atoms with E-state index in [9.17, 15) is 4.79 Å². The molecule has 0 saturated carbocycles. The average Bonchev–Trinajstić information content (AvgIpc) is 2.67. The van der Waals surface area contributed by atoms with Crippen molar-refractivity contribution in [3.8, 4) is 0 Å². The first-order valence-electron chi connectivity index (χ1n) is 5.02. The summed E-state index contributed by atoms with van der Waals surface area (Å²) in [6, 6.07) is 0. The smallest absolute Gasteiger partial charge is 0.185 e. The van der Waals surface area contributed by atoms with Gasteiger partial charge in [-0.3, -0.25) is 4.79 Å². The Kier molecular flexibility index (Phi) is 3.33. The van der Waals surface area contributed by atoms with E-state index in [-0.39, 0.29) is 5.78 Å². The normalized spacial score (nSPS) is 16.7. The molecule has 1 aromatic rings. The van der Waals surface area contributed by atoms with E-state index in [2.05, 4.69) is 9.88 Å². The van der Waals surface area contributed by atoms with Crippen LogP contribution in [0.4, 0.5) is 5.13 Å². The molecule has 0 unspecified atom stereocenters. The Hall–Kier alpha value is -0.940. The van der Waals surface area contributed by atoms with Gasteiger partial charge in [-0.15, -0.1) is 11.3 Å². The molecule has 0 radical (unpaired) electrons. The molecule has 1 aromatic heterocycles. The Morgan fingerprint density at radius 3 is 3.00 bits per heavy atom. The van der Waals surface area contributed by atoms with E-state index in [0.29, 0.717) is 6.42 Å². The van der Waals surface area contributed by atoms with Crippen LogP contribution < -0.4 is 4.90 Å². The summed E-state index contributed by atoms with van der Waals surface area (Å²) in [6.07, 6.45) is 0.445. The van der Waals surface area contributed by atoms with E-state index < -0.39 is 0 Å². The number of rotatable bonds is 3. The van der Waals surface area contributed by atoms with Gasteiger partial charge in [-0.1, -0.05) is 0 Å². The third-order valence-corrected chi connectivity index (χ3v) is 3.20. The zero-order valence-corrected chi connectivity index (χ0v) is 9.55. The Balaban J connectivity index is 2.02. The fourth-order valence-electron chi connectivity index (χ4n) is 1.53. The molecule has 1 aliphatic rings. The number of carbonyl (C=O) groups is 1. The van der Waals surface area contributed by atoms with Gasteiger partial charge in [-0.05, 0) is 6.92 Å². The number of anilines is 1. The quantitative estimate of drug-likeness (QED) is 0.774. The first kappa shape index (κ1) is 10.6. The van der Waals surface area contributed by atoms with Gasteiger partial charge in [-0.2, -0.15) is 0 Å². The second kappa shape index (κ2) is 4.72. The minimum Gasteiger partial charge on any atom is -0.378 e. The Morgan fingerprint density at radius 2 is 2.33 bits per heavy atom. The van der Waals surface area contributed by atoms with E-state index in [0.717, 1.165) is 37.1 Å². The maximum atomic E-state index is 10.9. The summed E-state index contributed by atoms with van der Waals surface area (Å²) < 4.78 is 5.27. The molecule has 82 valence electrons. The van der Waals surface area contributed by atoms with Crippen LogP contribution in [0, 0.1) is 0 Å². The van der Waals surface area contributed by atoms with Crippen molar-refractivity contribution >= 4 is 22.3 Å². The lowest BCUT2D eigenvalue weighted by atomic mass is 10.3. The second-order valence-corrected chi connectivity index (χ2v) is 4.44. The van der Waals surface area contributed by atoms with E-state index in [1.807, 2.05) is 5.38 Å². The van der Waals surface area contributed by atoms with Crippen LogP contribution in [-0.4, -0.2) is 37.1 Å². The van der Waals surface area contributed by atoms with Crippen LogP contribution in [0.2, 0.25) is 0 Å². The molecule has 1 saturated heterocycles. The number of morpholine rings is 1. The van der Waals surface area contributed by atoms with Gasteiger partial charge in [-0.25, -0.2) is 4.98 Å². The number of aromatic nitrogens is 1. The number of ether oxygens (including phenoxy) is 1. The molecule has 15 heavy (non-hydrogen) atoms. The maximum Gasteiger partial charge on any atom is 0.185 e. The lowest BCUT2D eigenvalue weighted by molar-refractivity contribution is -0.116. The summed E-state index contributed by atoms with van der Waals surface area (Å²) in [5.41, 5.74) is 0.883. The van der Waals surface area contributed by atoms with Crippen LogP contribution in [0.1, 0.15) is 12.6 Å². The Bertz CT molecular complexity index is 345. The molecule has 0 spiro atoms. The minimum atomic E-state index is 0.161. The summed E-state index contributed by atoms with van der Waals surface area (Å²) in [5.74, 6) is 0.161. The predicted octanol–water partition coefficient (Wildman–Crippen LogP) is 1.11. The lowest BCUT2D eigenvalue weighted by Gasteiger charge is -2.25. The molecule has 1 fully saturated rings. The SMILES string of the molecule is CC(=O)Cc1csc(N2CCOCC2)n1. The second-order valence-electron chi connectivity index (χ2n) is 3.60. The molecule has 1 aliphatic heterocycles. The molecule has 4 nitrogen and oxygen atoms in total. The highest BCUT2D eigenvalue weighted by Crippen LogP contribution is 2.21. The molecule has 0 N–H and O–H groups in total. The molecular formula is C10H14N2O2S. The highest BCUT2D eigenvalue weighted by molar-refractivity contribution is 7.13. The monoisotopic (exact) mass is 226 g/mol. The molecule has 0 aromatic carbocycles. The first-order valence-corrected chi connectivity index (χ1v) is 5.90. The van der Waals surface area contributed by atoms with Crippen LogP contribution in [0.3, 0.4) is 0 Å². The Labute approximate surface area is 92.9 Å². The number of thiazole rings is 1. The first-order chi connectivity index (χ1) is 7.25. The molecule has 2 rings (SSSR count). The Morgan fingerprint density at radius 1 is 1.60 bits per heavy atom. The van der Waals surface area contributed by atoms with Crippen LogP contribution in [0.15, 0.2) is 5.38 Å². The van der Waals surface area contributed by atoms with E-state index in [1.165, 1.54) is 0 Å². The summed E-state index contributed by atoms with van der Waals surface area (Å²) in [7, 11) is 0. The van der Waals surface area contributed by atoms with Gasteiger partial charge in [0.15, 0.2) is 5.13 Å². The molecule has 0 atom stereocenters. The highest BCUT2D eigenvalue weighted by Gasteiger charge is 2.14. The van der Waals surface area contributed by atoms with Crippen molar-refractivity contribution in [2.45, 2.75) is 13.3 Å². The third-order valence-electron chi connectivity index (χ3n) is 2.25. The van der Waals surface area contributed by atoms with Crippen molar-refractivity contribution in [2.24, 2.45) is 0 Å². The van der Waals surface area contributed by atoms with Gasteiger partial charge < -0.3 is 9.64 Å². The number of carbonyl (C=O) groups excluding carboxylic acids is 1. The zero-order valence-electron chi connectivity index (χ0n) is 8.73. The van der Waals surface area contributed by atoms with E-state index in [4.69, 9.17) is 4.74 Å². The predicted molar refractivity (Wildman–Crippen MR) is 59.5 cm³/mol. The van der Waals surface area contributed by atoms with Crippen molar-refractivity contribution in [1.82, 2.24) is 4.98 Å². The van der Waals surface area contributed by atoms with Crippen molar-refractivity contribution in [3.05, 3.63) is 11.1 Å². The number of ketones is 1. The number of nitrogens with zero attached hydrogens (tertiary/aromatic N) is 2. The van der Waals surface area contributed by atoms with Gasteiger partial charge in [0, 0.05) is 24.9 Å². The molecule has 0 bridgehead atoms. The standard InChI is InChI=1S/C10H14N2O2S/c1-8(13)6-9-7-15-10(11-9)12-2-4-14-5-3-12/h7H,2-6H2,1H3. The molecule has 2 heterocycles. The average molecular weight is 226 g/mol. The van der Waals surface area contributed by atoms with Gasteiger partial charge in [0.1, 0.15) is 5.78 Å². The van der Waals surface area contributed by atoms with Crippen LogP contribution in [0.5, 0.6) is 0 Å². The van der Waals surface area contributed by atoms with Crippen LogP contribution in [-0.2, 0) is 16.0 Å². The topological polar surface area (TPSA) is 42.4 Å². The van der Waals surface area contributed by atoms with Crippen LogP contribution in [0.25, 0.3) is 0 Å². The van der Waals surface area contributed by atoms with E-state index in [1.54, 1.807) is 18.3 Å². The van der Waals surface area contributed by atoms with Gasteiger partial charge in [0.2, 0.25) is 0 Å². The third kappa shape index (κ3) is 2.76. The highest BCUT2D eigenvalue weighted by atomic mass is 32.1. The molecule has 0 amide bonds. The van der Waals surface area contributed by atoms with Gasteiger partial charge in [0.05, 0.1) is 18.9 Å². The molecule has 0 aliphatic carbocycles. The van der Waals surface area contributed by atoms with Crippen molar-refractivity contribution in [3.63, 3.8) is 0 Å². The fraction of sp³-hybridized carbons (Fsp3) is 0.600. The summed E-state index contributed by atoms with van der Waals surface area (Å²) in [4.78, 5) is 17.6. The fourth-order valence-corrected chi connectivity index (χ4v) is 2.41. The zero-order chi connectivity index (χ0) is 10.7.